The van der Waals surface area contributed by atoms with Gasteiger partial charge >= 0.3 is 0 Å². The summed E-state index contributed by atoms with van der Waals surface area (Å²) in [7, 11) is 1.70. The van der Waals surface area contributed by atoms with E-state index in [-0.39, 0.29) is 0 Å². The molecule has 0 fully saturated rings. The second-order valence-corrected chi connectivity index (χ2v) is 2.82. The number of methoxy groups -OCH3 is 1. The van der Waals surface area contributed by atoms with E-state index < -0.39 is 0 Å². The van der Waals surface area contributed by atoms with Crippen molar-refractivity contribution in [2.45, 2.75) is 13.3 Å². The first-order valence-electron chi connectivity index (χ1n) is 4.34. The van der Waals surface area contributed by atoms with Gasteiger partial charge in [0.15, 0.2) is 0 Å². The van der Waals surface area contributed by atoms with Crippen LogP contribution in [0.1, 0.15) is 12.1 Å². The van der Waals surface area contributed by atoms with Crippen molar-refractivity contribution in [1.29, 1.82) is 0 Å². The Bertz CT molecular complexity index is 252. The molecule has 0 amide bonds. The number of nitrogens with one attached hydrogen (secondary N) is 1. The molecule has 13 heavy (non-hydrogen) atoms. The van der Waals surface area contributed by atoms with Gasteiger partial charge in [-0.2, -0.15) is 0 Å². The molecule has 1 rings (SSSR count). The van der Waals surface area contributed by atoms with Gasteiger partial charge in [0.1, 0.15) is 12.1 Å². The van der Waals surface area contributed by atoms with Crippen LogP contribution in [0, 0.1) is 6.92 Å². The zero-order chi connectivity index (χ0) is 9.52. The van der Waals surface area contributed by atoms with E-state index in [1.54, 1.807) is 13.4 Å². The van der Waals surface area contributed by atoms with E-state index in [4.69, 9.17) is 4.74 Å². The van der Waals surface area contributed by atoms with Crippen molar-refractivity contribution in [2.75, 3.05) is 25.6 Å². The second-order valence-electron chi connectivity index (χ2n) is 2.82. The first kappa shape index (κ1) is 9.92. The van der Waals surface area contributed by atoms with Gasteiger partial charge in [-0.15, -0.1) is 0 Å². The Morgan fingerprint density at radius 3 is 3.00 bits per heavy atom. The normalized spacial score (nSPS) is 10.0. The van der Waals surface area contributed by atoms with Crippen molar-refractivity contribution in [2.24, 2.45) is 0 Å². The molecule has 1 N–H and O–H groups in total. The molecule has 1 heterocycles. The Morgan fingerprint density at radius 1 is 1.46 bits per heavy atom. The Balaban J connectivity index is 2.28. The monoisotopic (exact) mass is 181 g/mol. The van der Waals surface area contributed by atoms with Crippen LogP contribution < -0.4 is 5.32 Å². The summed E-state index contributed by atoms with van der Waals surface area (Å²) in [6.45, 7) is 3.60. The van der Waals surface area contributed by atoms with E-state index in [9.17, 15) is 0 Å². The Hall–Kier alpha value is -1.16. The van der Waals surface area contributed by atoms with Crippen LogP contribution in [0.2, 0.25) is 0 Å². The quantitative estimate of drug-likeness (QED) is 0.694. The third-order valence-corrected chi connectivity index (χ3v) is 1.64. The van der Waals surface area contributed by atoms with Gasteiger partial charge in [0.25, 0.3) is 0 Å². The van der Waals surface area contributed by atoms with Gasteiger partial charge in [0.05, 0.1) is 0 Å². The SMILES string of the molecule is COCCCNc1cc(C)ncn1. The molecule has 0 unspecified atom stereocenters. The summed E-state index contributed by atoms with van der Waals surface area (Å²) in [6, 6.07) is 1.92. The molecule has 0 aromatic carbocycles. The maximum absolute atomic E-state index is 4.93. The molecule has 4 heteroatoms. The van der Waals surface area contributed by atoms with Gasteiger partial charge in [-0.05, 0) is 13.3 Å². The predicted molar refractivity (Wildman–Crippen MR) is 51.8 cm³/mol. The van der Waals surface area contributed by atoms with E-state index in [1.807, 2.05) is 13.0 Å². The van der Waals surface area contributed by atoms with E-state index in [0.29, 0.717) is 0 Å². The van der Waals surface area contributed by atoms with Gasteiger partial charge in [-0.25, -0.2) is 9.97 Å². The van der Waals surface area contributed by atoms with Gasteiger partial charge in [0.2, 0.25) is 0 Å². The highest BCUT2D eigenvalue weighted by Gasteiger charge is 1.93. The zero-order valence-electron chi connectivity index (χ0n) is 8.08. The summed E-state index contributed by atoms with van der Waals surface area (Å²) in [5.74, 6) is 0.878. The summed E-state index contributed by atoms with van der Waals surface area (Å²) in [5.41, 5.74) is 0.976. The standard InChI is InChI=1S/C9H15N3O/c1-8-6-9(12-7-11-8)10-4-3-5-13-2/h6-7H,3-5H2,1-2H3,(H,10,11,12). The van der Waals surface area contributed by atoms with Crippen LogP contribution in [0.25, 0.3) is 0 Å². The van der Waals surface area contributed by atoms with Crippen LogP contribution in [-0.2, 0) is 4.74 Å². The third kappa shape index (κ3) is 3.85. The average molecular weight is 181 g/mol. The lowest BCUT2D eigenvalue weighted by Gasteiger charge is -2.04. The maximum atomic E-state index is 4.93. The molecule has 0 aliphatic carbocycles. The molecule has 72 valence electrons. The number of aryl methyl sites for hydroxylation is 1. The van der Waals surface area contributed by atoms with E-state index in [1.165, 1.54) is 0 Å². The van der Waals surface area contributed by atoms with Gasteiger partial charge < -0.3 is 10.1 Å². The fraction of sp³-hybridized carbons (Fsp3) is 0.556. The van der Waals surface area contributed by atoms with Crippen molar-refractivity contribution in [1.82, 2.24) is 9.97 Å². The molecular weight excluding hydrogens is 166 g/mol. The average Bonchev–Trinajstić information content (AvgIpc) is 2.13. The Kier molecular flexibility index (Phi) is 4.18. The Labute approximate surface area is 78.4 Å². The smallest absolute Gasteiger partial charge is 0.129 e. The highest BCUT2D eigenvalue weighted by atomic mass is 16.5. The van der Waals surface area contributed by atoms with Gasteiger partial charge in [-0.3, -0.25) is 0 Å². The second kappa shape index (κ2) is 5.48. The molecular formula is C9H15N3O. The number of nitrogens with zero attached hydrogens (tertiary/aromatic N) is 2. The molecule has 0 spiro atoms. The summed E-state index contributed by atoms with van der Waals surface area (Å²) in [4.78, 5) is 8.08. The molecule has 1 aromatic rings. The number of aromatic nitrogens is 2. The number of hydrogen-bond donors (Lipinski definition) is 1. The van der Waals surface area contributed by atoms with Crippen LogP contribution in [0.5, 0.6) is 0 Å². The molecule has 4 nitrogen and oxygen atoms in total. The fourth-order valence-electron chi connectivity index (χ4n) is 0.984. The van der Waals surface area contributed by atoms with Crippen LogP contribution >= 0.6 is 0 Å². The van der Waals surface area contributed by atoms with Crippen molar-refractivity contribution in [3.05, 3.63) is 18.1 Å². The minimum Gasteiger partial charge on any atom is -0.385 e. The highest BCUT2D eigenvalue weighted by Crippen LogP contribution is 2.01. The topological polar surface area (TPSA) is 47.0 Å². The third-order valence-electron chi connectivity index (χ3n) is 1.64. The number of ether oxygens (including phenoxy) is 1. The fourth-order valence-corrected chi connectivity index (χ4v) is 0.984. The van der Waals surface area contributed by atoms with E-state index >= 15 is 0 Å². The molecule has 0 radical (unpaired) electrons. The van der Waals surface area contributed by atoms with Crippen LogP contribution in [0.15, 0.2) is 12.4 Å². The molecule has 0 atom stereocenters. The van der Waals surface area contributed by atoms with Gasteiger partial charge in [-0.1, -0.05) is 0 Å². The molecule has 0 aliphatic rings. The molecule has 0 bridgehead atoms. The number of rotatable bonds is 5. The highest BCUT2D eigenvalue weighted by molar-refractivity contribution is 5.33. The lowest BCUT2D eigenvalue weighted by Crippen LogP contribution is -2.06. The van der Waals surface area contributed by atoms with E-state index in [0.717, 1.165) is 31.1 Å². The minimum absolute atomic E-state index is 0.775. The first-order valence-corrected chi connectivity index (χ1v) is 4.34. The maximum Gasteiger partial charge on any atom is 0.129 e. The Morgan fingerprint density at radius 2 is 2.31 bits per heavy atom. The summed E-state index contributed by atoms with van der Waals surface area (Å²) in [6.07, 6.45) is 2.55. The number of anilines is 1. The summed E-state index contributed by atoms with van der Waals surface area (Å²) >= 11 is 0. The van der Waals surface area contributed by atoms with Crippen LogP contribution in [-0.4, -0.2) is 30.2 Å². The predicted octanol–water partition coefficient (Wildman–Crippen LogP) is 1.23. The number of hydrogen-bond acceptors (Lipinski definition) is 4. The van der Waals surface area contributed by atoms with Crippen molar-refractivity contribution < 1.29 is 4.74 Å². The largest absolute Gasteiger partial charge is 0.385 e. The van der Waals surface area contributed by atoms with Crippen molar-refractivity contribution >= 4 is 5.82 Å². The summed E-state index contributed by atoms with van der Waals surface area (Å²) < 4.78 is 4.93. The lowest BCUT2D eigenvalue weighted by atomic mass is 10.4. The zero-order valence-corrected chi connectivity index (χ0v) is 8.08. The summed E-state index contributed by atoms with van der Waals surface area (Å²) in [5, 5.41) is 3.19. The van der Waals surface area contributed by atoms with E-state index in [2.05, 4.69) is 15.3 Å². The van der Waals surface area contributed by atoms with Crippen molar-refractivity contribution in [3.8, 4) is 0 Å². The lowest BCUT2D eigenvalue weighted by molar-refractivity contribution is 0.198. The molecule has 1 aromatic heterocycles. The molecule has 0 saturated heterocycles. The van der Waals surface area contributed by atoms with Crippen LogP contribution in [0.4, 0.5) is 5.82 Å². The molecule has 0 saturated carbocycles. The van der Waals surface area contributed by atoms with Gasteiger partial charge in [0, 0.05) is 32.0 Å². The van der Waals surface area contributed by atoms with Crippen molar-refractivity contribution in [3.63, 3.8) is 0 Å². The first-order chi connectivity index (χ1) is 6.33. The molecule has 0 aliphatic heterocycles. The van der Waals surface area contributed by atoms with Crippen LogP contribution in [0.3, 0.4) is 0 Å². The minimum atomic E-state index is 0.775.